The van der Waals surface area contributed by atoms with Gasteiger partial charge in [0, 0.05) is 31.1 Å². The second-order valence-corrected chi connectivity index (χ2v) is 7.38. The SMILES string of the molecule is O=C1N(CCc2ccccc2)CCC[C@]1(O)CNCc1cccs1. The minimum absolute atomic E-state index is 0.136. The number of amides is 1. The second kappa shape index (κ2) is 7.92. The van der Waals surface area contributed by atoms with E-state index in [0.717, 1.165) is 19.4 Å². The van der Waals surface area contributed by atoms with Crippen LogP contribution >= 0.6 is 11.3 Å². The van der Waals surface area contributed by atoms with Crippen LogP contribution in [0.3, 0.4) is 0 Å². The first-order chi connectivity index (χ1) is 11.7. The number of benzene rings is 1. The Labute approximate surface area is 147 Å². The minimum atomic E-state index is -1.27. The molecule has 1 aliphatic heterocycles. The lowest BCUT2D eigenvalue weighted by Gasteiger charge is -2.38. The standard InChI is InChI=1S/C19H24N2O2S/c22-18-19(23,15-20-14-17-8-4-13-24-17)10-5-11-21(18)12-9-16-6-2-1-3-7-16/h1-4,6-8,13,20,23H,5,9-12,14-15H2/t19-/m0/s1. The number of aliphatic hydroxyl groups is 1. The number of piperidine rings is 1. The zero-order chi connectivity index (χ0) is 16.8. The van der Waals surface area contributed by atoms with Crippen LogP contribution in [-0.4, -0.2) is 41.1 Å². The maximum atomic E-state index is 12.7. The Morgan fingerprint density at radius 3 is 2.79 bits per heavy atom. The van der Waals surface area contributed by atoms with Gasteiger partial charge in [-0.25, -0.2) is 0 Å². The monoisotopic (exact) mass is 344 g/mol. The summed E-state index contributed by atoms with van der Waals surface area (Å²) in [5.41, 5.74) is -0.0538. The van der Waals surface area contributed by atoms with Gasteiger partial charge in [0.25, 0.3) is 5.91 Å². The predicted octanol–water partition coefficient (Wildman–Crippen LogP) is 2.43. The van der Waals surface area contributed by atoms with Crippen molar-refractivity contribution in [1.82, 2.24) is 10.2 Å². The number of nitrogens with one attached hydrogen (secondary N) is 1. The number of rotatable bonds is 7. The van der Waals surface area contributed by atoms with Gasteiger partial charge in [0.05, 0.1) is 0 Å². The predicted molar refractivity (Wildman–Crippen MR) is 96.9 cm³/mol. The molecule has 0 spiro atoms. The maximum Gasteiger partial charge on any atom is 0.255 e. The molecule has 1 aromatic carbocycles. The van der Waals surface area contributed by atoms with Gasteiger partial charge >= 0.3 is 0 Å². The van der Waals surface area contributed by atoms with Gasteiger partial charge < -0.3 is 15.3 Å². The molecule has 128 valence electrons. The van der Waals surface area contributed by atoms with E-state index in [1.54, 1.807) is 11.3 Å². The van der Waals surface area contributed by atoms with E-state index in [1.807, 2.05) is 34.5 Å². The van der Waals surface area contributed by atoms with E-state index in [4.69, 9.17) is 0 Å². The van der Waals surface area contributed by atoms with Crippen molar-refractivity contribution >= 4 is 17.2 Å². The van der Waals surface area contributed by atoms with Gasteiger partial charge in [-0.05, 0) is 36.3 Å². The molecule has 4 nitrogen and oxygen atoms in total. The third kappa shape index (κ3) is 4.23. The summed E-state index contributed by atoms with van der Waals surface area (Å²) in [6.07, 6.45) is 2.20. The number of thiophene rings is 1. The number of carbonyl (C=O) groups is 1. The third-order valence-corrected chi connectivity index (χ3v) is 5.39. The molecule has 0 unspecified atom stereocenters. The van der Waals surface area contributed by atoms with E-state index in [2.05, 4.69) is 23.5 Å². The average Bonchev–Trinajstić information content (AvgIpc) is 3.11. The van der Waals surface area contributed by atoms with Gasteiger partial charge in [-0.1, -0.05) is 36.4 Å². The van der Waals surface area contributed by atoms with Crippen LogP contribution in [0.2, 0.25) is 0 Å². The van der Waals surface area contributed by atoms with Crippen molar-refractivity contribution in [3.63, 3.8) is 0 Å². The van der Waals surface area contributed by atoms with Crippen LogP contribution in [0.25, 0.3) is 0 Å². The molecule has 2 N–H and O–H groups in total. The molecule has 2 heterocycles. The quantitative estimate of drug-likeness (QED) is 0.811. The molecule has 0 saturated carbocycles. The van der Waals surface area contributed by atoms with Crippen molar-refractivity contribution in [2.75, 3.05) is 19.6 Å². The Hall–Kier alpha value is -1.69. The Balaban J connectivity index is 1.53. The van der Waals surface area contributed by atoms with E-state index in [0.29, 0.717) is 26.1 Å². The van der Waals surface area contributed by atoms with E-state index < -0.39 is 5.60 Å². The van der Waals surface area contributed by atoms with E-state index in [-0.39, 0.29) is 5.91 Å². The van der Waals surface area contributed by atoms with Crippen molar-refractivity contribution in [1.29, 1.82) is 0 Å². The number of likely N-dealkylation sites (tertiary alicyclic amines) is 1. The fourth-order valence-electron chi connectivity index (χ4n) is 3.16. The molecule has 5 heteroatoms. The molecule has 3 rings (SSSR count). The summed E-state index contributed by atoms with van der Waals surface area (Å²) < 4.78 is 0. The van der Waals surface area contributed by atoms with Gasteiger partial charge in [-0.3, -0.25) is 4.79 Å². The molecule has 0 bridgehead atoms. The highest BCUT2D eigenvalue weighted by Crippen LogP contribution is 2.23. The van der Waals surface area contributed by atoms with Crippen LogP contribution in [0.15, 0.2) is 47.8 Å². The molecule has 1 atom stereocenters. The van der Waals surface area contributed by atoms with Crippen molar-refractivity contribution < 1.29 is 9.90 Å². The number of hydrogen-bond donors (Lipinski definition) is 2. The first-order valence-corrected chi connectivity index (χ1v) is 9.34. The smallest absolute Gasteiger partial charge is 0.255 e. The molecule has 24 heavy (non-hydrogen) atoms. The van der Waals surface area contributed by atoms with Crippen molar-refractivity contribution in [3.8, 4) is 0 Å². The molecule has 2 aromatic rings. The lowest BCUT2D eigenvalue weighted by molar-refractivity contribution is -0.156. The highest BCUT2D eigenvalue weighted by molar-refractivity contribution is 7.09. The fourth-order valence-corrected chi connectivity index (χ4v) is 3.83. The summed E-state index contributed by atoms with van der Waals surface area (Å²) in [6.45, 7) is 2.40. The van der Waals surface area contributed by atoms with Crippen molar-refractivity contribution in [2.45, 2.75) is 31.4 Å². The minimum Gasteiger partial charge on any atom is -0.379 e. The van der Waals surface area contributed by atoms with Gasteiger partial charge in [0.1, 0.15) is 0 Å². The molecule has 0 radical (unpaired) electrons. The van der Waals surface area contributed by atoms with Crippen LogP contribution in [0.1, 0.15) is 23.3 Å². The van der Waals surface area contributed by atoms with Gasteiger partial charge in [-0.2, -0.15) is 0 Å². The third-order valence-electron chi connectivity index (χ3n) is 4.51. The molecule has 1 amide bonds. The number of nitrogens with zero attached hydrogens (tertiary/aromatic N) is 1. The summed E-state index contributed by atoms with van der Waals surface area (Å²) in [5.74, 6) is -0.136. The van der Waals surface area contributed by atoms with Gasteiger partial charge in [-0.15, -0.1) is 11.3 Å². The lowest BCUT2D eigenvalue weighted by Crippen LogP contribution is -2.58. The summed E-state index contributed by atoms with van der Waals surface area (Å²) in [6, 6.07) is 14.2. The number of carbonyl (C=O) groups excluding carboxylic acids is 1. The molecular formula is C19H24N2O2S. The Morgan fingerprint density at radius 2 is 2.04 bits per heavy atom. The largest absolute Gasteiger partial charge is 0.379 e. The van der Waals surface area contributed by atoms with E-state index in [9.17, 15) is 9.90 Å². The van der Waals surface area contributed by atoms with Gasteiger partial charge in [0.15, 0.2) is 5.60 Å². The zero-order valence-corrected chi connectivity index (χ0v) is 14.6. The highest BCUT2D eigenvalue weighted by Gasteiger charge is 2.41. The molecule has 1 aliphatic rings. The molecule has 0 aliphatic carbocycles. The van der Waals surface area contributed by atoms with Crippen LogP contribution in [0.5, 0.6) is 0 Å². The van der Waals surface area contributed by atoms with Crippen LogP contribution < -0.4 is 5.32 Å². The maximum absolute atomic E-state index is 12.7. The van der Waals surface area contributed by atoms with E-state index in [1.165, 1.54) is 10.4 Å². The summed E-state index contributed by atoms with van der Waals surface area (Å²) in [4.78, 5) is 15.7. The van der Waals surface area contributed by atoms with Crippen molar-refractivity contribution in [2.24, 2.45) is 0 Å². The Kier molecular flexibility index (Phi) is 5.66. The van der Waals surface area contributed by atoms with Crippen molar-refractivity contribution in [3.05, 3.63) is 58.3 Å². The fraction of sp³-hybridized carbons (Fsp3) is 0.421. The van der Waals surface area contributed by atoms with Crippen LogP contribution in [0.4, 0.5) is 0 Å². The van der Waals surface area contributed by atoms with Crippen LogP contribution in [0, 0.1) is 0 Å². The van der Waals surface area contributed by atoms with Crippen LogP contribution in [-0.2, 0) is 17.8 Å². The molecular weight excluding hydrogens is 320 g/mol. The highest BCUT2D eigenvalue weighted by atomic mass is 32.1. The zero-order valence-electron chi connectivity index (χ0n) is 13.8. The Bertz CT molecular complexity index is 645. The first kappa shape index (κ1) is 17.1. The molecule has 1 saturated heterocycles. The Morgan fingerprint density at radius 1 is 1.21 bits per heavy atom. The lowest BCUT2D eigenvalue weighted by atomic mass is 9.91. The average molecular weight is 344 g/mol. The second-order valence-electron chi connectivity index (χ2n) is 6.35. The molecule has 1 aromatic heterocycles. The summed E-state index contributed by atoms with van der Waals surface area (Å²) in [5, 5.41) is 16.1. The first-order valence-electron chi connectivity index (χ1n) is 8.46. The van der Waals surface area contributed by atoms with Gasteiger partial charge in [0.2, 0.25) is 0 Å². The molecule has 1 fully saturated rings. The topological polar surface area (TPSA) is 52.6 Å². The summed E-state index contributed by atoms with van der Waals surface area (Å²) >= 11 is 1.68. The normalized spacial score (nSPS) is 21.2. The van der Waals surface area contributed by atoms with E-state index >= 15 is 0 Å². The number of hydrogen-bond acceptors (Lipinski definition) is 4. The summed E-state index contributed by atoms with van der Waals surface area (Å²) in [7, 11) is 0.